The van der Waals surface area contributed by atoms with E-state index in [1.807, 2.05) is 29.6 Å². The molecule has 1 atom stereocenters. The minimum absolute atomic E-state index is 0.241. The first-order chi connectivity index (χ1) is 8.16. The zero-order chi connectivity index (χ0) is 12.3. The predicted octanol–water partition coefficient (Wildman–Crippen LogP) is 2.15. The van der Waals surface area contributed by atoms with E-state index in [9.17, 15) is 9.90 Å². The minimum atomic E-state index is -0.991. The van der Waals surface area contributed by atoms with Crippen LogP contribution in [0, 0.1) is 0 Å². The Hall–Kier alpha value is -1.59. The van der Waals surface area contributed by atoms with Crippen molar-refractivity contribution in [2.75, 3.05) is 11.9 Å². The molecule has 0 amide bonds. The summed E-state index contributed by atoms with van der Waals surface area (Å²) in [7, 11) is 0. The van der Waals surface area contributed by atoms with Crippen LogP contribution >= 0.6 is 11.3 Å². The van der Waals surface area contributed by atoms with E-state index in [4.69, 9.17) is 5.11 Å². The Morgan fingerprint density at radius 2 is 2.18 bits per heavy atom. The standard InChI is InChI=1S/C12H13NO3S/c14-8(5-12(15)16)6-13-10-7-17-11-4-2-1-3-9(10)11/h1-4,7-8,13-14H,5-6H2,(H,15,16). The van der Waals surface area contributed by atoms with Crippen molar-refractivity contribution in [3.63, 3.8) is 0 Å². The van der Waals surface area contributed by atoms with Crippen molar-refractivity contribution in [1.29, 1.82) is 0 Å². The van der Waals surface area contributed by atoms with Crippen LogP contribution in [0.25, 0.3) is 10.1 Å². The Bertz CT molecular complexity index is 523. The monoisotopic (exact) mass is 251 g/mol. The second-order valence-electron chi connectivity index (χ2n) is 3.78. The van der Waals surface area contributed by atoms with Gasteiger partial charge in [0.05, 0.1) is 18.2 Å². The van der Waals surface area contributed by atoms with Crippen LogP contribution in [0.2, 0.25) is 0 Å². The molecule has 0 aliphatic carbocycles. The molecule has 0 bridgehead atoms. The molecule has 0 radical (unpaired) electrons. The highest BCUT2D eigenvalue weighted by Crippen LogP contribution is 2.29. The average Bonchev–Trinajstić information content (AvgIpc) is 2.69. The topological polar surface area (TPSA) is 69.6 Å². The Morgan fingerprint density at radius 3 is 2.94 bits per heavy atom. The fourth-order valence-electron chi connectivity index (χ4n) is 1.62. The van der Waals surface area contributed by atoms with Gasteiger partial charge in [-0.2, -0.15) is 0 Å². The number of anilines is 1. The number of fused-ring (bicyclic) bond motifs is 1. The second kappa shape index (κ2) is 5.16. The van der Waals surface area contributed by atoms with E-state index in [1.54, 1.807) is 11.3 Å². The molecule has 0 spiro atoms. The van der Waals surface area contributed by atoms with Crippen LogP contribution in [0.15, 0.2) is 29.6 Å². The Labute approximate surface area is 103 Å². The molecule has 0 saturated carbocycles. The number of hydrogen-bond donors (Lipinski definition) is 3. The van der Waals surface area contributed by atoms with Crippen LogP contribution in [0.5, 0.6) is 0 Å². The highest BCUT2D eigenvalue weighted by atomic mass is 32.1. The summed E-state index contributed by atoms with van der Waals surface area (Å²) in [6.07, 6.45) is -1.11. The molecule has 0 fully saturated rings. The molecule has 0 aliphatic rings. The predicted molar refractivity (Wildman–Crippen MR) is 68.6 cm³/mol. The molecular formula is C12H13NO3S. The normalized spacial score (nSPS) is 12.5. The molecule has 1 aromatic heterocycles. The molecule has 1 unspecified atom stereocenters. The van der Waals surface area contributed by atoms with Crippen molar-refractivity contribution in [3.05, 3.63) is 29.6 Å². The number of thiophene rings is 1. The SMILES string of the molecule is O=C(O)CC(O)CNc1csc2ccccc12. The van der Waals surface area contributed by atoms with Crippen molar-refractivity contribution in [2.24, 2.45) is 0 Å². The lowest BCUT2D eigenvalue weighted by Gasteiger charge is -2.09. The quantitative estimate of drug-likeness (QED) is 0.761. The van der Waals surface area contributed by atoms with Crippen molar-refractivity contribution in [3.8, 4) is 0 Å². The zero-order valence-electron chi connectivity index (χ0n) is 9.09. The molecule has 1 aromatic carbocycles. The first kappa shape index (κ1) is 11.9. The van der Waals surface area contributed by atoms with E-state index in [0.717, 1.165) is 11.1 Å². The van der Waals surface area contributed by atoms with E-state index >= 15 is 0 Å². The average molecular weight is 251 g/mol. The maximum Gasteiger partial charge on any atom is 0.306 e. The Balaban J connectivity index is 2.02. The summed E-state index contributed by atoms with van der Waals surface area (Å²) >= 11 is 1.62. The zero-order valence-corrected chi connectivity index (χ0v) is 9.91. The largest absolute Gasteiger partial charge is 0.481 e. The second-order valence-corrected chi connectivity index (χ2v) is 4.69. The lowest BCUT2D eigenvalue weighted by molar-refractivity contribution is -0.138. The van der Waals surface area contributed by atoms with Gasteiger partial charge in [0.15, 0.2) is 0 Å². The maximum atomic E-state index is 10.4. The number of hydrogen-bond acceptors (Lipinski definition) is 4. The molecule has 90 valence electrons. The molecule has 1 heterocycles. The maximum absolute atomic E-state index is 10.4. The summed E-state index contributed by atoms with van der Waals surface area (Å²) in [5, 5.41) is 24.1. The van der Waals surface area contributed by atoms with Crippen molar-refractivity contribution < 1.29 is 15.0 Å². The molecule has 3 N–H and O–H groups in total. The van der Waals surface area contributed by atoms with Crippen molar-refractivity contribution in [2.45, 2.75) is 12.5 Å². The number of carbonyl (C=O) groups is 1. The summed E-state index contributed by atoms with van der Waals surface area (Å²) < 4.78 is 1.17. The molecule has 2 rings (SSSR count). The molecule has 5 heteroatoms. The lowest BCUT2D eigenvalue weighted by atomic mass is 10.2. The van der Waals surface area contributed by atoms with Gasteiger partial charge >= 0.3 is 5.97 Å². The molecule has 0 saturated heterocycles. The van der Waals surface area contributed by atoms with Crippen LogP contribution < -0.4 is 5.32 Å². The number of benzene rings is 1. The van der Waals surface area contributed by atoms with E-state index in [1.165, 1.54) is 4.70 Å². The first-order valence-electron chi connectivity index (χ1n) is 5.27. The lowest BCUT2D eigenvalue weighted by Crippen LogP contribution is -2.22. The van der Waals surface area contributed by atoms with Gasteiger partial charge in [0.1, 0.15) is 0 Å². The summed E-state index contributed by atoms with van der Waals surface area (Å²) in [6.45, 7) is 0.243. The number of rotatable bonds is 5. The van der Waals surface area contributed by atoms with Crippen LogP contribution in [0.3, 0.4) is 0 Å². The van der Waals surface area contributed by atoms with Gasteiger partial charge in [0.2, 0.25) is 0 Å². The Morgan fingerprint density at radius 1 is 1.41 bits per heavy atom. The number of aliphatic hydroxyl groups excluding tert-OH is 1. The van der Waals surface area contributed by atoms with Gasteiger partial charge in [-0.1, -0.05) is 18.2 Å². The van der Waals surface area contributed by atoms with Crippen molar-refractivity contribution >= 4 is 33.1 Å². The van der Waals surface area contributed by atoms with E-state index in [-0.39, 0.29) is 13.0 Å². The van der Waals surface area contributed by atoms with Gasteiger partial charge in [-0.15, -0.1) is 11.3 Å². The molecule has 4 nitrogen and oxygen atoms in total. The number of aliphatic carboxylic acids is 1. The van der Waals surface area contributed by atoms with E-state index in [2.05, 4.69) is 5.32 Å². The molecule has 0 aliphatic heterocycles. The smallest absolute Gasteiger partial charge is 0.306 e. The molecule has 2 aromatic rings. The summed E-state index contributed by atoms with van der Waals surface area (Å²) in [6, 6.07) is 7.95. The third-order valence-electron chi connectivity index (χ3n) is 2.42. The highest BCUT2D eigenvalue weighted by Gasteiger charge is 2.10. The van der Waals surface area contributed by atoms with Crippen LogP contribution in [0.4, 0.5) is 5.69 Å². The van der Waals surface area contributed by atoms with Crippen molar-refractivity contribution in [1.82, 2.24) is 0 Å². The number of nitrogens with one attached hydrogen (secondary N) is 1. The van der Waals surface area contributed by atoms with Gasteiger partial charge in [0, 0.05) is 22.0 Å². The summed E-state index contributed by atoms with van der Waals surface area (Å²) in [4.78, 5) is 10.4. The third-order valence-corrected chi connectivity index (χ3v) is 3.38. The Kier molecular flexibility index (Phi) is 3.61. The summed E-state index contributed by atoms with van der Waals surface area (Å²) in [5.41, 5.74) is 0.940. The van der Waals surface area contributed by atoms with Gasteiger partial charge in [-0.3, -0.25) is 4.79 Å². The number of carboxylic acids is 1. The summed E-state index contributed by atoms with van der Waals surface area (Å²) in [5.74, 6) is -0.991. The van der Waals surface area contributed by atoms with Gasteiger partial charge < -0.3 is 15.5 Å². The van der Waals surface area contributed by atoms with E-state index < -0.39 is 12.1 Å². The molecular weight excluding hydrogens is 238 g/mol. The van der Waals surface area contributed by atoms with Gasteiger partial charge in [-0.25, -0.2) is 0 Å². The number of carboxylic acid groups (broad SMARTS) is 1. The number of aliphatic hydroxyl groups is 1. The van der Waals surface area contributed by atoms with Gasteiger partial charge in [0.25, 0.3) is 0 Å². The first-order valence-corrected chi connectivity index (χ1v) is 6.15. The van der Waals surface area contributed by atoms with Crippen LogP contribution in [-0.2, 0) is 4.79 Å². The van der Waals surface area contributed by atoms with Gasteiger partial charge in [-0.05, 0) is 6.07 Å². The third kappa shape index (κ3) is 2.95. The van der Waals surface area contributed by atoms with Crippen LogP contribution in [0.1, 0.15) is 6.42 Å². The fraction of sp³-hybridized carbons (Fsp3) is 0.250. The molecule has 17 heavy (non-hydrogen) atoms. The highest BCUT2D eigenvalue weighted by molar-refractivity contribution is 7.17. The minimum Gasteiger partial charge on any atom is -0.481 e. The fourth-order valence-corrected chi connectivity index (χ4v) is 2.53. The van der Waals surface area contributed by atoms with Crippen LogP contribution in [-0.4, -0.2) is 28.8 Å². The van der Waals surface area contributed by atoms with E-state index in [0.29, 0.717) is 0 Å².